The molecule has 2 amide bonds. The Morgan fingerprint density at radius 2 is 1.69 bits per heavy atom. The van der Waals surface area contributed by atoms with Crippen molar-refractivity contribution in [3.63, 3.8) is 0 Å². The Kier molecular flexibility index (Phi) is 2.86. The molecule has 3 nitrogen and oxygen atoms in total. The van der Waals surface area contributed by atoms with Crippen LogP contribution in [0.1, 0.15) is 33.6 Å². The molecule has 0 bridgehead atoms. The number of amides is 2. The molecule has 0 aromatic rings. The average molecular weight is 181 g/mol. The van der Waals surface area contributed by atoms with Crippen LogP contribution in [-0.2, 0) is 9.59 Å². The van der Waals surface area contributed by atoms with Crippen molar-refractivity contribution in [2.45, 2.75) is 33.6 Å². The van der Waals surface area contributed by atoms with Crippen LogP contribution < -0.4 is 5.32 Å². The summed E-state index contributed by atoms with van der Waals surface area (Å²) in [7, 11) is 0. The number of imide groups is 1. The molecule has 1 aliphatic heterocycles. The van der Waals surface area contributed by atoms with Crippen LogP contribution in [0.15, 0.2) is 11.1 Å². The standard InChI is InChI=1S/C10H15NO2/c1-4-7-8(5-6(2)3)10(13)11-9(7)12/h6H,4-5H2,1-3H3,(H,11,12,13). The van der Waals surface area contributed by atoms with Crippen molar-refractivity contribution in [1.82, 2.24) is 5.32 Å². The summed E-state index contributed by atoms with van der Waals surface area (Å²) in [4.78, 5) is 22.5. The molecule has 1 N–H and O–H groups in total. The van der Waals surface area contributed by atoms with Crippen molar-refractivity contribution in [2.24, 2.45) is 5.92 Å². The zero-order valence-electron chi connectivity index (χ0n) is 8.31. The number of nitrogens with one attached hydrogen (secondary N) is 1. The normalized spacial score (nSPS) is 17.2. The van der Waals surface area contributed by atoms with E-state index in [9.17, 15) is 9.59 Å². The van der Waals surface area contributed by atoms with Gasteiger partial charge >= 0.3 is 0 Å². The van der Waals surface area contributed by atoms with E-state index < -0.39 is 0 Å². The van der Waals surface area contributed by atoms with Gasteiger partial charge in [0.15, 0.2) is 0 Å². The number of hydrogen-bond acceptors (Lipinski definition) is 2. The van der Waals surface area contributed by atoms with Gasteiger partial charge in [0.1, 0.15) is 0 Å². The second kappa shape index (κ2) is 3.73. The topological polar surface area (TPSA) is 46.2 Å². The van der Waals surface area contributed by atoms with Crippen LogP contribution >= 0.6 is 0 Å². The molecule has 72 valence electrons. The molecule has 0 saturated carbocycles. The smallest absolute Gasteiger partial charge is 0.254 e. The van der Waals surface area contributed by atoms with E-state index >= 15 is 0 Å². The first-order chi connectivity index (χ1) is 6.06. The van der Waals surface area contributed by atoms with Gasteiger partial charge in [0.05, 0.1) is 0 Å². The first-order valence-electron chi connectivity index (χ1n) is 4.64. The summed E-state index contributed by atoms with van der Waals surface area (Å²) < 4.78 is 0. The molecule has 1 heterocycles. The van der Waals surface area contributed by atoms with Crippen molar-refractivity contribution >= 4 is 11.8 Å². The summed E-state index contributed by atoms with van der Waals surface area (Å²) in [6.45, 7) is 5.97. The highest BCUT2D eigenvalue weighted by atomic mass is 16.2. The highest BCUT2D eigenvalue weighted by Crippen LogP contribution is 2.22. The van der Waals surface area contributed by atoms with Gasteiger partial charge in [-0.3, -0.25) is 14.9 Å². The molecule has 0 radical (unpaired) electrons. The fraction of sp³-hybridized carbons (Fsp3) is 0.600. The Hall–Kier alpha value is -1.12. The van der Waals surface area contributed by atoms with Gasteiger partial charge in [-0.1, -0.05) is 20.8 Å². The lowest BCUT2D eigenvalue weighted by Gasteiger charge is -2.04. The van der Waals surface area contributed by atoms with E-state index in [0.29, 0.717) is 29.9 Å². The highest BCUT2D eigenvalue weighted by Gasteiger charge is 2.28. The second-order valence-corrected chi connectivity index (χ2v) is 3.69. The number of rotatable bonds is 3. The van der Waals surface area contributed by atoms with Gasteiger partial charge in [0.2, 0.25) is 0 Å². The highest BCUT2D eigenvalue weighted by molar-refractivity contribution is 6.19. The summed E-state index contributed by atoms with van der Waals surface area (Å²) in [5.41, 5.74) is 1.35. The van der Waals surface area contributed by atoms with Crippen LogP contribution in [0.2, 0.25) is 0 Å². The SMILES string of the molecule is CCC1=C(CC(C)C)C(=O)NC1=O. The van der Waals surface area contributed by atoms with Crippen molar-refractivity contribution in [2.75, 3.05) is 0 Å². The van der Waals surface area contributed by atoms with Crippen molar-refractivity contribution in [3.05, 3.63) is 11.1 Å². The molecule has 0 aliphatic carbocycles. The lowest BCUT2D eigenvalue weighted by Crippen LogP contribution is -2.23. The largest absolute Gasteiger partial charge is 0.289 e. The molecule has 0 fully saturated rings. The Morgan fingerprint density at radius 1 is 1.15 bits per heavy atom. The van der Waals surface area contributed by atoms with Gasteiger partial charge in [0, 0.05) is 11.1 Å². The maximum atomic E-state index is 11.3. The van der Waals surface area contributed by atoms with E-state index in [2.05, 4.69) is 5.32 Å². The van der Waals surface area contributed by atoms with Gasteiger partial charge in [0.25, 0.3) is 11.8 Å². The van der Waals surface area contributed by atoms with Crippen LogP contribution in [0.4, 0.5) is 0 Å². The maximum absolute atomic E-state index is 11.3. The summed E-state index contributed by atoms with van der Waals surface area (Å²) in [5, 5.41) is 2.32. The Morgan fingerprint density at radius 3 is 2.15 bits per heavy atom. The van der Waals surface area contributed by atoms with Crippen molar-refractivity contribution in [3.8, 4) is 0 Å². The summed E-state index contributed by atoms with van der Waals surface area (Å²) >= 11 is 0. The fourth-order valence-corrected chi connectivity index (χ4v) is 1.53. The quantitative estimate of drug-likeness (QED) is 0.669. The average Bonchev–Trinajstić information content (AvgIpc) is 2.26. The summed E-state index contributed by atoms with van der Waals surface area (Å²) in [6.07, 6.45) is 1.33. The number of carbonyl (C=O) groups excluding carboxylic acids is 2. The molecule has 0 aromatic carbocycles. The molecule has 1 aliphatic rings. The lowest BCUT2D eigenvalue weighted by molar-refractivity contribution is -0.124. The Labute approximate surface area is 78.2 Å². The predicted octanol–water partition coefficient (Wildman–Crippen LogP) is 1.40. The van der Waals surface area contributed by atoms with Gasteiger partial charge in [-0.25, -0.2) is 0 Å². The van der Waals surface area contributed by atoms with E-state index in [1.165, 1.54) is 0 Å². The number of carbonyl (C=O) groups is 2. The predicted molar refractivity (Wildman–Crippen MR) is 49.9 cm³/mol. The molecular weight excluding hydrogens is 166 g/mol. The van der Waals surface area contributed by atoms with Crippen LogP contribution in [0.5, 0.6) is 0 Å². The molecule has 0 saturated heterocycles. The van der Waals surface area contributed by atoms with E-state index in [0.717, 1.165) is 0 Å². The third-order valence-electron chi connectivity index (χ3n) is 2.11. The fourth-order valence-electron chi connectivity index (χ4n) is 1.53. The second-order valence-electron chi connectivity index (χ2n) is 3.69. The van der Waals surface area contributed by atoms with Gasteiger partial charge in [-0.05, 0) is 18.8 Å². The van der Waals surface area contributed by atoms with Gasteiger partial charge in [-0.15, -0.1) is 0 Å². The minimum Gasteiger partial charge on any atom is -0.289 e. The summed E-state index contributed by atoms with van der Waals surface area (Å²) in [5.74, 6) is 0.00639. The maximum Gasteiger partial charge on any atom is 0.254 e. The van der Waals surface area contributed by atoms with Crippen molar-refractivity contribution < 1.29 is 9.59 Å². The molecule has 0 aromatic heterocycles. The third-order valence-corrected chi connectivity index (χ3v) is 2.11. The van der Waals surface area contributed by atoms with Crippen LogP contribution in [-0.4, -0.2) is 11.8 Å². The van der Waals surface area contributed by atoms with Crippen LogP contribution in [0.25, 0.3) is 0 Å². The first kappa shape index (κ1) is 9.96. The van der Waals surface area contributed by atoms with Gasteiger partial charge < -0.3 is 0 Å². The van der Waals surface area contributed by atoms with E-state index in [4.69, 9.17) is 0 Å². The third kappa shape index (κ3) is 1.97. The zero-order valence-corrected chi connectivity index (χ0v) is 8.31. The van der Waals surface area contributed by atoms with Crippen LogP contribution in [0.3, 0.4) is 0 Å². The minimum absolute atomic E-state index is 0.199. The Bertz CT molecular complexity index is 277. The molecule has 0 atom stereocenters. The van der Waals surface area contributed by atoms with E-state index in [1.54, 1.807) is 0 Å². The molecule has 1 rings (SSSR count). The molecule has 0 spiro atoms. The summed E-state index contributed by atoms with van der Waals surface area (Å²) in [6, 6.07) is 0. The van der Waals surface area contributed by atoms with E-state index in [1.807, 2.05) is 20.8 Å². The number of hydrogen-bond donors (Lipinski definition) is 1. The minimum atomic E-state index is -0.205. The molecular formula is C10H15NO2. The lowest BCUT2D eigenvalue weighted by atomic mass is 9.98. The molecule has 0 unspecified atom stereocenters. The van der Waals surface area contributed by atoms with Gasteiger partial charge in [-0.2, -0.15) is 0 Å². The monoisotopic (exact) mass is 181 g/mol. The molecule has 3 heteroatoms. The van der Waals surface area contributed by atoms with Crippen molar-refractivity contribution in [1.29, 1.82) is 0 Å². The van der Waals surface area contributed by atoms with E-state index in [-0.39, 0.29) is 11.8 Å². The Balaban J connectivity index is 2.92. The zero-order chi connectivity index (χ0) is 10.0. The van der Waals surface area contributed by atoms with Crippen LogP contribution in [0, 0.1) is 5.92 Å². The molecule has 13 heavy (non-hydrogen) atoms. The first-order valence-corrected chi connectivity index (χ1v) is 4.64.